The van der Waals surface area contributed by atoms with Crippen LogP contribution in [0.4, 0.5) is 0 Å². The first kappa shape index (κ1) is 16.4. The number of carbonyl (C=O) groups is 1. The van der Waals surface area contributed by atoms with Gasteiger partial charge in [-0.05, 0) is 30.4 Å². The molecule has 0 radical (unpaired) electrons. The Bertz CT molecular complexity index is 446. The second-order valence-corrected chi connectivity index (χ2v) is 6.27. The van der Waals surface area contributed by atoms with Crippen molar-refractivity contribution in [2.24, 2.45) is 5.41 Å². The summed E-state index contributed by atoms with van der Waals surface area (Å²) in [6.45, 7) is 8.02. The molecule has 2 atom stereocenters. The number of amides is 1. The summed E-state index contributed by atoms with van der Waals surface area (Å²) in [6.07, 6.45) is 3.38. The Morgan fingerprint density at radius 1 is 1.30 bits per heavy atom. The van der Waals surface area contributed by atoms with Crippen molar-refractivity contribution >= 4 is 5.91 Å². The smallest absolute Gasteiger partial charge is 0.243 e. The molecule has 0 saturated carbocycles. The SMILES string of the molecule is CC(CC(O)c1ccccc1)NC(=O)/C=C/C(C)(C)C. The van der Waals surface area contributed by atoms with Gasteiger partial charge in [0.05, 0.1) is 6.10 Å². The zero-order chi connectivity index (χ0) is 15.2. The molecule has 0 spiro atoms. The molecule has 0 aliphatic rings. The lowest BCUT2D eigenvalue weighted by Crippen LogP contribution is -2.32. The molecule has 0 heterocycles. The first-order valence-corrected chi connectivity index (χ1v) is 7.00. The topological polar surface area (TPSA) is 49.3 Å². The molecule has 1 aromatic rings. The fourth-order valence-electron chi connectivity index (χ4n) is 1.82. The first-order chi connectivity index (χ1) is 9.28. The third-order valence-corrected chi connectivity index (χ3v) is 2.88. The second kappa shape index (κ2) is 7.25. The average molecular weight is 275 g/mol. The van der Waals surface area contributed by atoms with Crippen LogP contribution in [0.1, 0.15) is 45.8 Å². The van der Waals surface area contributed by atoms with E-state index in [9.17, 15) is 9.90 Å². The minimum Gasteiger partial charge on any atom is -0.388 e. The molecule has 0 aliphatic carbocycles. The number of benzene rings is 1. The van der Waals surface area contributed by atoms with Crippen molar-refractivity contribution in [2.75, 3.05) is 0 Å². The van der Waals surface area contributed by atoms with Gasteiger partial charge in [0.15, 0.2) is 0 Å². The molecule has 1 amide bonds. The van der Waals surface area contributed by atoms with Crippen LogP contribution in [0.5, 0.6) is 0 Å². The zero-order valence-corrected chi connectivity index (χ0v) is 12.8. The molecule has 0 aromatic heterocycles. The van der Waals surface area contributed by atoms with Crippen molar-refractivity contribution in [1.29, 1.82) is 0 Å². The third-order valence-electron chi connectivity index (χ3n) is 2.88. The van der Waals surface area contributed by atoms with Crippen LogP contribution < -0.4 is 5.32 Å². The summed E-state index contributed by atoms with van der Waals surface area (Å²) in [6, 6.07) is 9.40. The maximum atomic E-state index is 11.7. The third kappa shape index (κ3) is 6.53. The Hall–Kier alpha value is -1.61. The minimum absolute atomic E-state index is 0.00979. The van der Waals surface area contributed by atoms with E-state index < -0.39 is 6.10 Å². The number of hydrogen-bond donors (Lipinski definition) is 2. The predicted octanol–water partition coefficient (Wildman–Crippen LogP) is 3.22. The summed E-state index contributed by atoms with van der Waals surface area (Å²) in [5, 5.41) is 13.0. The lowest BCUT2D eigenvalue weighted by Gasteiger charge is -2.18. The lowest BCUT2D eigenvalue weighted by molar-refractivity contribution is -0.117. The van der Waals surface area contributed by atoms with Gasteiger partial charge >= 0.3 is 0 Å². The van der Waals surface area contributed by atoms with Crippen LogP contribution in [0.15, 0.2) is 42.5 Å². The van der Waals surface area contributed by atoms with Gasteiger partial charge in [0.1, 0.15) is 0 Å². The Kier molecular flexibility index (Phi) is 5.96. The zero-order valence-electron chi connectivity index (χ0n) is 12.8. The van der Waals surface area contributed by atoms with E-state index in [4.69, 9.17) is 0 Å². The van der Waals surface area contributed by atoms with Crippen LogP contribution in [0.3, 0.4) is 0 Å². The van der Waals surface area contributed by atoms with Gasteiger partial charge in [-0.2, -0.15) is 0 Å². The fraction of sp³-hybridized carbons (Fsp3) is 0.471. The monoisotopic (exact) mass is 275 g/mol. The summed E-state index contributed by atoms with van der Waals surface area (Å²) in [4.78, 5) is 11.7. The minimum atomic E-state index is -0.557. The van der Waals surface area contributed by atoms with Crippen molar-refractivity contribution in [2.45, 2.75) is 46.3 Å². The molecule has 3 nitrogen and oxygen atoms in total. The van der Waals surface area contributed by atoms with Crippen molar-refractivity contribution in [3.05, 3.63) is 48.0 Å². The van der Waals surface area contributed by atoms with Crippen LogP contribution in [-0.2, 0) is 4.79 Å². The van der Waals surface area contributed by atoms with E-state index in [0.717, 1.165) is 5.56 Å². The van der Waals surface area contributed by atoms with Gasteiger partial charge in [-0.3, -0.25) is 4.79 Å². The lowest BCUT2D eigenvalue weighted by atomic mass is 9.96. The number of allylic oxidation sites excluding steroid dienone is 1. The number of rotatable bonds is 5. The molecule has 110 valence electrons. The van der Waals surface area contributed by atoms with Crippen LogP contribution in [-0.4, -0.2) is 17.1 Å². The molecular weight excluding hydrogens is 250 g/mol. The first-order valence-electron chi connectivity index (χ1n) is 7.00. The number of hydrogen-bond acceptors (Lipinski definition) is 2. The second-order valence-electron chi connectivity index (χ2n) is 6.27. The van der Waals surface area contributed by atoms with Crippen LogP contribution >= 0.6 is 0 Å². The molecule has 0 saturated heterocycles. The van der Waals surface area contributed by atoms with Gasteiger partial charge in [0.2, 0.25) is 5.91 Å². The highest BCUT2D eigenvalue weighted by molar-refractivity contribution is 5.87. The van der Waals surface area contributed by atoms with Crippen LogP contribution in [0.25, 0.3) is 0 Å². The van der Waals surface area contributed by atoms with Crippen LogP contribution in [0, 0.1) is 5.41 Å². The average Bonchev–Trinajstić information content (AvgIpc) is 2.36. The highest BCUT2D eigenvalue weighted by atomic mass is 16.3. The van der Waals surface area contributed by atoms with Gasteiger partial charge in [-0.15, -0.1) is 0 Å². The van der Waals surface area contributed by atoms with Gasteiger partial charge < -0.3 is 10.4 Å². The van der Waals surface area contributed by atoms with Crippen molar-refractivity contribution in [3.63, 3.8) is 0 Å². The summed E-state index contributed by atoms with van der Waals surface area (Å²) >= 11 is 0. The molecular formula is C17H25NO2. The summed E-state index contributed by atoms with van der Waals surface area (Å²) < 4.78 is 0. The molecule has 1 aromatic carbocycles. The number of carbonyl (C=O) groups excluding carboxylic acids is 1. The van der Waals surface area contributed by atoms with E-state index in [-0.39, 0.29) is 17.4 Å². The van der Waals surface area contributed by atoms with E-state index in [1.807, 2.05) is 64.1 Å². The molecule has 20 heavy (non-hydrogen) atoms. The highest BCUT2D eigenvalue weighted by Gasteiger charge is 2.13. The molecule has 3 heteroatoms. The fourth-order valence-corrected chi connectivity index (χ4v) is 1.82. The van der Waals surface area contributed by atoms with Gasteiger partial charge in [-0.1, -0.05) is 57.2 Å². The predicted molar refractivity (Wildman–Crippen MR) is 82.2 cm³/mol. The summed E-state index contributed by atoms with van der Waals surface area (Å²) in [5.41, 5.74) is 0.864. The van der Waals surface area contributed by atoms with E-state index >= 15 is 0 Å². The molecule has 2 unspecified atom stereocenters. The molecule has 2 N–H and O–H groups in total. The Labute approximate surface area is 121 Å². The highest BCUT2D eigenvalue weighted by Crippen LogP contribution is 2.18. The standard InChI is InChI=1S/C17H25NO2/c1-13(18-16(20)10-11-17(2,3)4)12-15(19)14-8-6-5-7-9-14/h5-11,13,15,19H,12H2,1-4H3,(H,18,20)/b11-10+. The maximum Gasteiger partial charge on any atom is 0.243 e. The van der Waals surface area contributed by atoms with Gasteiger partial charge in [0, 0.05) is 6.04 Å². The molecule has 0 bridgehead atoms. The Morgan fingerprint density at radius 2 is 1.90 bits per heavy atom. The molecule has 1 rings (SSSR count). The van der Waals surface area contributed by atoms with Gasteiger partial charge in [0.25, 0.3) is 0 Å². The van der Waals surface area contributed by atoms with Gasteiger partial charge in [-0.25, -0.2) is 0 Å². The van der Waals surface area contributed by atoms with E-state index in [1.165, 1.54) is 0 Å². The van der Waals surface area contributed by atoms with Crippen molar-refractivity contribution in [3.8, 4) is 0 Å². The van der Waals surface area contributed by atoms with E-state index in [0.29, 0.717) is 6.42 Å². The maximum absolute atomic E-state index is 11.7. The molecule has 0 fully saturated rings. The number of aliphatic hydroxyl groups excluding tert-OH is 1. The van der Waals surface area contributed by atoms with Crippen molar-refractivity contribution in [1.82, 2.24) is 5.32 Å². The number of aliphatic hydroxyl groups is 1. The van der Waals surface area contributed by atoms with E-state index in [1.54, 1.807) is 6.08 Å². The largest absolute Gasteiger partial charge is 0.388 e. The summed E-state index contributed by atoms with van der Waals surface area (Å²) in [5.74, 6) is -0.118. The van der Waals surface area contributed by atoms with Crippen molar-refractivity contribution < 1.29 is 9.90 Å². The molecule has 0 aliphatic heterocycles. The number of nitrogens with one attached hydrogen (secondary N) is 1. The Balaban J connectivity index is 2.46. The quantitative estimate of drug-likeness (QED) is 0.811. The normalized spacial score (nSPS) is 15.1. The van der Waals surface area contributed by atoms with Crippen LogP contribution in [0.2, 0.25) is 0 Å². The Morgan fingerprint density at radius 3 is 2.45 bits per heavy atom. The van der Waals surface area contributed by atoms with E-state index in [2.05, 4.69) is 5.32 Å². The summed E-state index contributed by atoms with van der Waals surface area (Å²) in [7, 11) is 0.